The number of hydrogen-bond donors (Lipinski definition) is 1. The van der Waals surface area contributed by atoms with Crippen molar-refractivity contribution in [3.05, 3.63) is 0 Å². The van der Waals surface area contributed by atoms with E-state index in [1.807, 2.05) is 0 Å². The van der Waals surface area contributed by atoms with Crippen molar-refractivity contribution in [1.82, 2.24) is 5.48 Å². The number of carbonyl (C=O) groups is 1. The topological polar surface area (TPSA) is 38.3 Å². The van der Waals surface area contributed by atoms with Crippen LogP contribution in [-0.4, -0.2) is 13.0 Å². The summed E-state index contributed by atoms with van der Waals surface area (Å²) in [5.74, 6) is 0.782. The zero-order valence-electron chi connectivity index (χ0n) is 8.34. The molecule has 1 amide bonds. The van der Waals surface area contributed by atoms with Crippen molar-refractivity contribution in [2.24, 2.45) is 5.92 Å². The predicted octanol–water partition coefficient (Wildman–Crippen LogP) is 2.02. The zero-order valence-corrected chi connectivity index (χ0v) is 8.34. The minimum atomic E-state index is 0.00748. The second-order valence-electron chi connectivity index (χ2n) is 3.77. The van der Waals surface area contributed by atoms with Gasteiger partial charge in [-0.25, -0.2) is 5.48 Å². The normalized spacial score (nSPS) is 18.5. The molecule has 0 bridgehead atoms. The lowest BCUT2D eigenvalue weighted by molar-refractivity contribution is -0.131. The van der Waals surface area contributed by atoms with E-state index < -0.39 is 0 Å². The molecule has 1 aliphatic rings. The third kappa shape index (κ3) is 4.27. The van der Waals surface area contributed by atoms with Gasteiger partial charge in [-0.3, -0.25) is 9.63 Å². The van der Waals surface area contributed by atoms with Crippen LogP contribution in [0.15, 0.2) is 0 Å². The molecule has 1 saturated carbocycles. The predicted molar refractivity (Wildman–Crippen MR) is 51.0 cm³/mol. The maximum absolute atomic E-state index is 11.0. The lowest BCUT2D eigenvalue weighted by atomic mass is 9.86. The molecule has 1 fully saturated rings. The molecule has 1 N–H and O–H groups in total. The molecule has 1 aliphatic carbocycles. The molecule has 0 radical (unpaired) electrons. The summed E-state index contributed by atoms with van der Waals surface area (Å²) >= 11 is 0. The Balaban J connectivity index is 2.06. The summed E-state index contributed by atoms with van der Waals surface area (Å²) in [6, 6.07) is 0. The minimum Gasteiger partial charge on any atom is -0.277 e. The standard InChI is InChI=1S/C10H19NO2/c1-13-11-10(12)8-7-9-5-3-2-4-6-9/h9H,2-8H2,1H3,(H,11,12). The first-order valence-corrected chi connectivity index (χ1v) is 5.14. The van der Waals surface area contributed by atoms with Gasteiger partial charge in [0.05, 0.1) is 7.11 Å². The van der Waals surface area contributed by atoms with E-state index in [0.717, 1.165) is 12.3 Å². The first-order valence-electron chi connectivity index (χ1n) is 5.14. The van der Waals surface area contributed by atoms with E-state index in [2.05, 4.69) is 10.3 Å². The highest BCUT2D eigenvalue weighted by molar-refractivity contribution is 5.74. The molecular formula is C10H19NO2. The van der Waals surface area contributed by atoms with E-state index in [1.165, 1.54) is 39.2 Å². The molecule has 0 aromatic carbocycles. The van der Waals surface area contributed by atoms with Crippen LogP contribution in [0.4, 0.5) is 0 Å². The minimum absolute atomic E-state index is 0.00748. The monoisotopic (exact) mass is 185 g/mol. The van der Waals surface area contributed by atoms with Gasteiger partial charge >= 0.3 is 0 Å². The highest BCUT2D eigenvalue weighted by Gasteiger charge is 2.14. The van der Waals surface area contributed by atoms with E-state index in [9.17, 15) is 4.79 Å². The number of amides is 1. The quantitative estimate of drug-likeness (QED) is 0.680. The molecule has 0 aliphatic heterocycles. The van der Waals surface area contributed by atoms with Crippen LogP contribution in [0.2, 0.25) is 0 Å². The van der Waals surface area contributed by atoms with Gasteiger partial charge in [-0.15, -0.1) is 0 Å². The van der Waals surface area contributed by atoms with Gasteiger partial charge in [-0.05, 0) is 12.3 Å². The lowest BCUT2D eigenvalue weighted by Gasteiger charge is -2.20. The van der Waals surface area contributed by atoms with E-state index in [-0.39, 0.29) is 5.91 Å². The van der Waals surface area contributed by atoms with Gasteiger partial charge in [0.25, 0.3) is 0 Å². The van der Waals surface area contributed by atoms with E-state index in [4.69, 9.17) is 0 Å². The fourth-order valence-electron chi connectivity index (χ4n) is 1.98. The summed E-state index contributed by atoms with van der Waals surface area (Å²) in [6.45, 7) is 0. The molecule has 1 rings (SSSR count). The van der Waals surface area contributed by atoms with Crippen molar-refractivity contribution in [2.45, 2.75) is 44.9 Å². The van der Waals surface area contributed by atoms with Crippen LogP contribution in [0.1, 0.15) is 44.9 Å². The molecule has 0 saturated heterocycles. The number of hydroxylamine groups is 1. The van der Waals surface area contributed by atoms with Gasteiger partial charge in [0.15, 0.2) is 0 Å². The van der Waals surface area contributed by atoms with E-state index in [1.54, 1.807) is 0 Å². The molecule has 0 heterocycles. The summed E-state index contributed by atoms with van der Waals surface area (Å²) < 4.78 is 0. The summed E-state index contributed by atoms with van der Waals surface area (Å²) in [5.41, 5.74) is 2.35. The Morgan fingerprint density at radius 2 is 2.08 bits per heavy atom. The van der Waals surface area contributed by atoms with Gasteiger partial charge in [-0.1, -0.05) is 32.1 Å². The summed E-state index contributed by atoms with van der Waals surface area (Å²) in [4.78, 5) is 15.6. The Morgan fingerprint density at radius 3 is 2.69 bits per heavy atom. The fourth-order valence-corrected chi connectivity index (χ4v) is 1.98. The maximum Gasteiger partial charge on any atom is 0.243 e. The molecule has 0 unspecified atom stereocenters. The van der Waals surface area contributed by atoms with Crippen LogP contribution in [0, 0.1) is 5.92 Å². The average Bonchev–Trinajstić information content (AvgIpc) is 2.17. The van der Waals surface area contributed by atoms with Gasteiger partial charge < -0.3 is 0 Å². The molecule has 0 aromatic heterocycles. The van der Waals surface area contributed by atoms with Crippen LogP contribution >= 0.6 is 0 Å². The number of hydrogen-bond acceptors (Lipinski definition) is 2. The Hall–Kier alpha value is -0.570. The molecule has 76 valence electrons. The Morgan fingerprint density at radius 1 is 1.38 bits per heavy atom. The van der Waals surface area contributed by atoms with E-state index in [0.29, 0.717) is 6.42 Å². The van der Waals surface area contributed by atoms with Gasteiger partial charge in [0.2, 0.25) is 5.91 Å². The Labute approximate surface area is 79.8 Å². The van der Waals surface area contributed by atoms with Gasteiger partial charge in [0.1, 0.15) is 0 Å². The van der Waals surface area contributed by atoms with Crippen LogP contribution in [0.25, 0.3) is 0 Å². The third-order valence-electron chi connectivity index (χ3n) is 2.72. The molecule has 13 heavy (non-hydrogen) atoms. The fraction of sp³-hybridized carbons (Fsp3) is 0.900. The van der Waals surface area contributed by atoms with Gasteiger partial charge in [-0.2, -0.15) is 0 Å². The largest absolute Gasteiger partial charge is 0.277 e. The SMILES string of the molecule is CONC(=O)CCC1CCCCC1. The van der Waals surface area contributed by atoms with Crippen molar-refractivity contribution in [3.8, 4) is 0 Å². The first kappa shape index (κ1) is 10.5. The number of nitrogens with one attached hydrogen (secondary N) is 1. The third-order valence-corrected chi connectivity index (χ3v) is 2.72. The van der Waals surface area contributed by atoms with Crippen molar-refractivity contribution >= 4 is 5.91 Å². The van der Waals surface area contributed by atoms with Crippen LogP contribution in [0.5, 0.6) is 0 Å². The van der Waals surface area contributed by atoms with Gasteiger partial charge in [0, 0.05) is 6.42 Å². The Bertz CT molecular complexity index is 153. The first-order chi connectivity index (χ1) is 6.33. The second-order valence-corrected chi connectivity index (χ2v) is 3.77. The number of carbonyl (C=O) groups excluding carboxylic acids is 1. The molecule has 3 nitrogen and oxygen atoms in total. The highest BCUT2D eigenvalue weighted by Crippen LogP contribution is 2.26. The van der Waals surface area contributed by atoms with Crippen molar-refractivity contribution in [2.75, 3.05) is 7.11 Å². The smallest absolute Gasteiger partial charge is 0.243 e. The summed E-state index contributed by atoms with van der Waals surface area (Å²) in [5, 5.41) is 0. The highest BCUT2D eigenvalue weighted by atomic mass is 16.6. The van der Waals surface area contributed by atoms with Crippen LogP contribution < -0.4 is 5.48 Å². The van der Waals surface area contributed by atoms with Crippen LogP contribution in [-0.2, 0) is 9.63 Å². The van der Waals surface area contributed by atoms with Crippen LogP contribution in [0.3, 0.4) is 0 Å². The number of rotatable bonds is 4. The molecule has 0 aromatic rings. The lowest BCUT2D eigenvalue weighted by Crippen LogP contribution is -2.22. The second kappa shape index (κ2) is 5.97. The molecular weight excluding hydrogens is 166 g/mol. The Kier molecular flexibility index (Phi) is 4.83. The van der Waals surface area contributed by atoms with Crippen molar-refractivity contribution in [3.63, 3.8) is 0 Å². The molecule has 0 spiro atoms. The summed E-state index contributed by atoms with van der Waals surface area (Å²) in [6.07, 6.45) is 8.31. The molecule has 3 heteroatoms. The zero-order chi connectivity index (χ0) is 9.52. The summed E-state index contributed by atoms with van der Waals surface area (Å²) in [7, 11) is 1.47. The van der Waals surface area contributed by atoms with Crippen molar-refractivity contribution in [1.29, 1.82) is 0 Å². The average molecular weight is 185 g/mol. The maximum atomic E-state index is 11.0. The molecule has 0 atom stereocenters. The van der Waals surface area contributed by atoms with E-state index >= 15 is 0 Å². The van der Waals surface area contributed by atoms with Crippen molar-refractivity contribution < 1.29 is 9.63 Å².